The maximum absolute atomic E-state index is 13.2. The number of ether oxygens (including phenoxy) is 2. The van der Waals surface area contributed by atoms with E-state index in [4.69, 9.17) is 9.47 Å². The molecule has 1 aliphatic heterocycles. The van der Waals surface area contributed by atoms with Crippen LogP contribution in [0.4, 0.5) is 11.4 Å². The first-order valence-corrected chi connectivity index (χ1v) is 12.4. The molecule has 8 nitrogen and oxygen atoms in total. The van der Waals surface area contributed by atoms with Gasteiger partial charge in [0.2, 0.25) is 15.9 Å². The molecule has 4 rings (SSSR count). The third-order valence-corrected chi connectivity index (χ3v) is 7.37. The number of amides is 1. The Labute approximate surface area is 199 Å². The molecule has 0 bridgehead atoms. The number of anilines is 2. The molecule has 0 spiro atoms. The number of carbonyl (C=O) groups excluding carboxylic acids is 1. The third-order valence-electron chi connectivity index (χ3n) is 5.45. The number of hydrogen-bond donors (Lipinski definition) is 1. The highest BCUT2D eigenvalue weighted by molar-refractivity contribution is 7.89. The summed E-state index contributed by atoms with van der Waals surface area (Å²) < 4.78 is 38.4. The Morgan fingerprint density at radius 1 is 0.971 bits per heavy atom. The highest BCUT2D eigenvalue weighted by Crippen LogP contribution is 2.29. The van der Waals surface area contributed by atoms with Gasteiger partial charge in [0.05, 0.1) is 38.1 Å². The summed E-state index contributed by atoms with van der Waals surface area (Å²) in [5.74, 6) is -0.0431. The number of rotatable bonds is 8. The van der Waals surface area contributed by atoms with Gasteiger partial charge in [0.25, 0.3) is 0 Å². The standard InChI is InChI=1S/C25H27N3O5S/c1-32-23-13-12-20(18-24(23)34(30,31)27-14-16-33-17-15-27)19-25(29)26-28(21-8-4-2-5-9-21)22-10-6-3-7-11-22/h2-13,18H,14-17,19H2,1H3,(H,26,29). The lowest BCUT2D eigenvalue weighted by Crippen LogP contribution is -2.41. The van der Waals surface area contributed by atoms with Crippen molar-refractivity contribution in [3.05, 3.63) is 84.4 Å². The minimum Gasteiger partial charge on any atom is -0.495 e. The number of hydrogen-bond acceptors (Lipinski definition) is 6. The summed E-state index contributed by atoms with van der Waals surface area (Å²) in [6.07, 6.45) is -0.00814. The first kappa shape index (κ1) is 23.7. The first-order valence-electron chi connectivity index (χ1n) is 10.9. The lowest BCUT2D eigenvalue weighted by molar-refractivity contribution is -0.120. The van der Waals surface area contributed by atoms with Crippen LogP contribution < -0.4 is 15.2 Å². The zero-order valence-electron chi connectivity index (χ0n) is 18.9. The summed E-state index contributed by atoms with van der Waals surface area (Å²) in [7, 11) is -2.36. The van der Waals surface area contributed by atoms with E-state index >= 15 is 0 Å². The van der Waals surface area contributed by atoms with Crippen LogP contribution >= 0.6 is 0 Å². The number of nitrogens with one attached hydrogen (secondary N) is 1. The predicted octanol–water partition coefficient (Wildman–Crippen LogP) is 3.13. The van der Waals surface area contributed by atoms with Crippen molar-refractivity contribution < 1.29 is 22.7 Å². The molecule has 1 N–H and O–H groups in total. The molecule has 0 aromatic heterocycles. The molecular weight excluding hydrogens is 454 g/mol. The van der Waals surface area contributed by atoms with Crippen molar-refractivity contribution in [3.8, 4) is 5.75 Å². The molecule has 3 aromatic rings. The number of morpholine rings is 1. The Morgan fingerprint density at radius 2 is 1.56 bits per heavy atom. The van der Waals surface area contributed by atoms with Crippen molar-refractivity contribution in [2.45, 2.75) is 11.3 Å². The molecule has 34 heavy (non-hydrogen) atoms. The molecule has 1 amide bonds. The second kappa shape index (κ2) is 10.7. The molecule has 0 aliphatic carbocycles. The summed E-state index contributed by atoms with van der Waals surface area (Å²) >= 11 is 0. The van der Waals surface area contributed by atoms with E-state index in [0.717, 1.165) is 11.4 Å². The summed E-state index contributed by atoms with van der Waals surface area (Å²) in [5, 5.41) is 1.71. The number of hydrazine groups is 1. The fourth-order valence-electron chi connectivity index (χ4n) is 3.74. The molecule has 1 heterocycles. The lowest BCUT2D eigenvalue weighted by Gasteiger charge is -2.27. The van der Waals surface area contributed by atoms with E-state index in [0.29, 0.717) is 18.8 Å². The summed E-state index contributed by atoms with van der Waals surface area (Å²) in [6, 6.07) is 23.8. The van der Waals surface area contributed by atoms with E-state index in [1.165, 1.54) is 17.5 Å². The van der Waals surface area contributed by atoms with Crippen LogP contribution in [-0.4, -0.2) is 52.0 Å². The van der Waals surface area contributed by atoms with Crippen LogP contribution in [0.2, 0.25) is 0 Å². The van der Waals surface area contributed by atoms with E-state index < -0.39 is 10.0 Å². The van der Waals surface area contributed by atoms with Crippen molar-refractivity contribution in [2.24, 2.45) is 0 Å². The van der Waals surface area contributed by atoms with Gasteiger partial charge in [-0.3, -0.25) is 15.2 Å². The van der Waals surface area contributed by atoms with E-state index in [-0.39, 0.29) is 36.1 Å². The zero-order valence-corrected chi connectivity index (χ0v) is 19.7. The normalized spacial score (nSPS) is 14.4. The molecular formula is C25H27N3O5S. The number of methoxy groups -OCH3 is 1. The van der Waals surface area contributed by atoms with Gasteiger partial charge in [-0.15, -0.1) is 0 Å². The van der Waals surface area contributed by atoms with Gasteiger partial charge in [0.1, 0.15) is 10.6 Å². The van der Waals surface area contributed by atoms with Gasteiger partial charge >= 0.3 is 0 Å². The highest BCUT2D eigenvalue weighted by Gasteiger charge is 2.29. The molecule has 0 saturated carbocycles. The number of para-hydroxylation sites is 2. The minimum absolute atomic E-state index is 0.00814. The average molecular weight is 482 g/mol. The Hall–Kier alpha value is -3.40. The number of carbonyl (C=O) groups is 1. The molecule has 0 unspecified atom stereocenters. The van der Waals surface area contributed by atoms with Crippen LogP contribution in [-0.2, 0) is 26.0 Å². The van der Waals surface area contributed by atoms with Gasteiger partial charge in [-0.25, -0.2) is 8.42 Å². The van der Waals surface area contributed by atoms with Gasteiger partial charge in [-0.05, 0) is 42.0 Å². The Kier molecular flexibility index (Phi) is 7.46. The molecule has 3 aromatic carbocycles. The number of nitrogens with zero attached hydrogens (tertiary/aromatic N) is 2. The van der Waals surface area contributed by atoms with Crippen molar-refractivity contribution in [1.82, 2.24) is 9.73 Å². The Bertz CT molecular complexity index is 1170. The zero-order chi connectivity index (χ0) is 24.0. The van der Waals surface area contributed by atoms with Gasteiger partial charge in [0.15, 0.2) is 0 Å². The SMILES string of the molecule is COc1ccc(CC(=O)NN(c2ccccc2)c2ccccc2)cc1S(=O)(=O)N1CCOCC1. The maximum Gasteiger partial charge on any atom is 0.246 e. The second-order valence-corrected chi connectivity index (χ2v) is 9.63. The van der Waals surface area contributed by atoms with Gasteiger partial charge in [-0.2, -0.15) is 4.31 Å². The summed E-state index contributed by atoms with van der Waals surface area (Å²) in [4.78, 5) is 13.1. The molecule has 1 saturated heterocycles. The largest absolute Gasteiger partial charge is 0.495 e. The highest BCUT2D eigenvalue weighted by atomic mass is 32.2. The Morgan fingerprint density at radius 3 is 2.12 bits per heavy atom. The lowest BCUT2D eigenvalue weighted by atomic mass is 10.1. The molecule has 0 atom stereocenters. The van der Waals surface area contributed by atoms with Crippen molar-refractivity contribution in [3.63, 3.8) is 0 Å². The Balaban J connectivity index is 1.57. The number of sulfonamides is 1. The van der Waals surface area contributed by atoms with Crippen molar-refractivity contribution in [2.75, 3.05) is 38.4 Å². The van der Waals surface area contributed by atoms with Gasteiger partial charge < -0.3 is 9.47 Å². The van der Waals surface area contributed by atoms with Gasteiger partial charge in [-0.1, -0.05) is 42.5 Å². The second-order valence-electron chi connectivity index (χ2n) is 7.72. The fraction of sp³-hybridized carbons (Fsp3) is 0.240. The van der Waals surface area contributed by atoms with E-state index in [9.17, 15) is 13.2 Å². The summed E-state index contributed by atoms with van der Waals surface area (Å²) in [6.45, 7) is 1.25. The molecule has 1 fully saturated rings. The average Bonchev–Trinajstić information content (AvgIpc) is 2.89. The van der Waals surface area contributed by atoms with Crippen LogP contribution in [0.5, 0.6) is 5.75 Å². The van der Waals surface area contributed by atoms with Gasteiger partial charge in [0, 0.05) is 13.1 Å². The molecule has 9 heteroatoms. The molecule has 0 radical (unpaired) electrons. The van der Waals surface area contributed by atoms with Crippen LogP contribution in [0.1, 0.15) is 5.56 Å². The predicted molar refractivity (Wildman–Crippen MR) is 129 cm³/mol. The first-order chi connectivity index (χ1) is 16.5. The van der Waals surface area contributed by atoms with Crippen LogP contribution in [0.25, 0.3) is 0 Å². The van der Waals surface area contributed by atoms with Crippen molar-refractivity contribution in [1.29, 1.82) is 0 Å². The number of benzene rings is 3. The van der Waals surface area contributed by atoms with Crippen LogP contribution in [0, 0.1) is 0 Å². The van der Waals surface area contributed by atoms with E-state index in [2.05, 4.69) is 5.43 Å². The smallest absolute Gasteiger partial charge is 0.246 e. The van der Waals surface area contributed by atoms with Crippen LogP contribution in [0.15, 0.2) is 83.8 Å². The third kappa shape index (κ3) is 5.39. The van der Waals surface area contributed by atoms with Crippen LogP contribution in [0.3, 0.4) is 0 Å². The fourth-order valence-corrected chi connectivity index (χ4v) is 5.35. The van der Waals surface area contributed by atoms with Crippen molar-refractivity contribution >= 4 is 27.3 Å². The quantitative estimate of drug-likeness (QED) is 0.498. The summed E-state index contributed by atoms with van der Waals surface area (Å²) in [5.41, 5.74) is 5.09. The minimum atomic E-state index is -3.79. The van der Waals surface area contributed by atoms with E-state index in [1.807, 2.05) is 60.7 Å². The maximum atomic E-state index is 13.2. The monoisotopic (exact) mass is 481 g/mol. The topological polar surface area (TPSA) is 88.2 Å². The molecule has 1 aliphatic rings. The molecule has 178 valence electrons. The van der Waals surface area contributed by atoms with E-state index in [1.54, 1.807) is 17.1 Å².